The fourth-order valence-corrected chi connectivity index (χ4v) is 2.10. The highest BCUT2D eigenvalue weighted by Crippen LogP contribution is 2.28. The first-order chi connectivity index (χ1) is 9.45. The summed E-state index contributed by atoms with van der Waals surface area (Å²) in [5, 5.41) is 24.4. The van der Waals surface area contributed by atoms with E-state index in [4.69, 9.17) is 16.9 Å². The number of hydrogen-bond acceptors (Lipinski definition) is 4. The van der Waals surface area contributed by atoms with Crippen LogP contribution in [0.15, 0.2) is 24.3 Å². The summed E-state index contributed by atoms with van der Waals surface area (Å²) in [5.41, 5.74) is 1.27. The summed E-state index contributed by atoms with van der Waals surface area (Å²) in [7, 11) is 0. The predicted octanol–water partition coefficient (Wildman–Crippen LogP) is 3.43. The monoisotopic (exact) mass is 290 g/mol. The zero-order chi connectivity index (χ0) is 14.9. The molecule has 0 unspecified atom stereocenters. The molecular weight excluding hydrogens is 280 g/mol. The van der Waals surface area contributed by atoms with Crippen molar-refractivity contribution in [2.75, 3.05) is 0 Å². The molecule has 0 atom stereocenters. The van der Waals surface area contributed by atoms with Gasteiger partial charge in [0.25, 0.3) is 5.69 Å². The molecule has 0 N–H and O–H groups in total. The largest absolute Gasteiger partial charge is 0.271 e. The van der Waals surface area contributed by atoms with E-state index in [0.717, 1.165) is 0 Å². The lowest BCUT2D eigenvalue weighted by Gasteiger charge is -2.02. The van der Waals surface area contributed by atoms with Crippen molar-refractivity contribution in [3.05, 3.63) is 50.8 Å². The molecule has 0 radical (unpaired) electrons. The quantitative estimate of drug-likeness (QED) is 0.640. The van der Waals surface area contributed by atoms with Crippen LogP contribution in [0.2, 0.25) is 5.15 Å². The smallest absolute Gasteiger partial charge is 0.258 e. The molecular formula is C13H11ClN4O2. The Labute approximate surface area is 120 Å². The summed E-state index contributed by atoms with van der Waals surface area (Å²) in [6, 6.07) is 7.97. The second-order valence-corrected chi connectivity index (χ2v) is 4.86. The van der Waals surface area contributed by atoms with E-state index >= 15 is 0 Å². The number of non-ortho nitro benzene ring substituents is 1. The van der Waals surface area contributed by atoms with Crippen LogP contribution in [-0.2, 0) is 0 Å². The van der Waals surface area contributed by atoms with Crippen LogP contribution in [0.1, 0.15) is 31.0 Å². The van der Waals surface area contributed by atoms with Gasteiger partial charge < -0.3 is 0 Å². The van der Waals surface area contributed by atoms with Gasteiger partial charge in [-0.05, 0) is 12.0 Å². The maximum atomic E-state index is 10.8. The number of halogens is 1. The molecule has 2 rings (SSSR count). The summed E-state index contributed by atoms with van der Waals surface area (Å²) in [5.74, 6) is 0.0297. The fourth-order valence-electron chi connectivity index (χ4n) is 1.83. The van der Waals surface area contributed by atoms with Crippen LogP contribution in [0.5, 0.6) is 0 Å². The van der Waals surface area contributed by atoms with Crippen molar-refractivity contribution in [2.45, 2.75) is 19.8 Å². The number of nitriles is 1. The van der Waals surface area contributed by atoms with Gasteiger partial charge in [-0.2, -0.15) is 10.4 Å². The molecule has 1 aromatic heterocycles. The summed E-state index contributed by atoms with van der Waals surface area (Å²) < 4.78 is 1.35. The van der Waals surface area contributed by atoms with Gasteiger partial charge in [0.05, 0.1) is 16.3 Å². The molecule has 1 aromatic carbocycles. The van der Waals surface area contributed by atoms with Crippen LogP contribution in [-0.4, -0.2) is 14.7 Å². The zero-order valence-electron chi connectivity index (χ0n) is 10.9. The normalized spacial score (nSPS) is 10.6. The third-order valence-corrected chi connectivity index (χ3v) is 3.15. The SMILES string of the molecule is CC(C)c1nn(-c2cccc([N+](=O)[O-])c2)c(Cl)c1C#N. The molecule has 0 aliphatic heterocycles. The van der Waals surface area contributed by atoms with E-state index < -0.39 is 4.92 Å². The van der Waals surface area contributed by atoms with Crippen molar-refractivity contribution >= 4 is 17.3 Å². The Morgan fingerprint density at radius 1 is 1.50 bits per heavy atom. The maximum absolute atomic E-state index is 10.8. The molecule has 2 aromatic rings. The lowest BCUT2D eigenvalue weighted by atomic mass is 10.1. The molecule has 0 spiro atoms. The first-order valence-corrected chi connectivity index (χ1v) is 6.26. The average molecular weight is 291 g/mol. The third-order valence-electron chi connectivity index (χ3n) is 2.80. The van der Waals surface area contributed by atoms with Crippen LogP contribution in [0, 0.1) is 21.4 Å². The number of benzene rings is 1. The predicted molar refractivity (Wildman–Crippen MR) is 74.0 cm³/mol. The Bertz CT molecular complexity index is 716. The van der Waals surface area contributed by atoms with Gasteiger partial charge in [-0.25, -0.2) is 4.68 Å². The zero-order valence-corrected chi connectivity index (χ0v) is 11.6. The van der Waals surface area contributed by atoms with Crippen molar-refractivity contribution in [2.24, 2.45) is 0 Å². The summed E-state index contributed by atoms with van der Waals surface area (Å²) in [6.45, 7) is 3.80. The van der Waals surface area contributed by atoms with E-state index in [1.165, 1.54) is 16.8 Å². The molecule has 0 aliphatic rings. The lowest BCUT2D eigenvalue weighted by Crippen LogP contribution is -1.99. The number of aromatic nitrogens is 2. The van der Waals surface area contributed by atoms with Crippen molar-refractivity contribution in [3.8, 4) is 11.8 Å². The van der Waals surface area contributed by atoms with E-state index in [9.17, 15) is 10.1 Å². The number of nitro benzene ring substituents is 1. The lowest BCUT2D eigenvalue weighted by molar-refractivity contribution is -0.384. The molecule has 6 nitrogen and oxygen atoms in total. The number of rotatable bonds is 3. The van der Waals surface area contributed by atoms with E-state index in [0.29, 0.717) is 16.9 Å². The Balaban J connectivity index is 2.62. The molecule has 7 heteroatoms. The van der Waals surface area contributed by atoms with Crippen LogP contribution >= 0.6 is 11.6 Å². The molecule has 0 saturated carbocycles. The standard InChI is InChI=1S/C13H11ClN4O2/c1-8(2)12-11(7-15)13(14)17(16-12)9-4-3-5-10(6-9)18(19)20/h3-6,8H,1-2H3. The minimum Gasteiger partial charge on any atom is -0.258 e. The van der Waals surface area contributed by atoms with Crippen LogP contribution in [0.3, 0.4) is 0 Å². The minimum atomic E-state index is -0.491. The van der Waals surface area contributed by atoms with Crippen molar-refractivity contribution < 1.29 is 4.92 Å². The Kier molecular flexibility index (Phi) is 3.72. The first-order valence-electron chi connectivity index (χ1n) is 5.89. The third kappa shape index (κ3) is 2.36. The van der Waals surface area contributed by atoms with Crippen LogP contribution in [0.25, 0.3) is 5.69 Å². The van der Waals surface area contributed by atoms with Gasteiger partial charge in [-0.3, -0.25) is 10.1 Å². The summed E-state index contributed by atoms with van der Waals surface area (Å²) in [6.07, 6.45) is 0. The Morgan fingerprint density at radius 2 is 2.20 bits per heavy atom. The number of nitrogens with zero attached hydrogens (tertiary/aromatic N) is 4. The van der Waals surface area contributed by atoms with Gasteiger partial charge in [0.1, 0.15) is 11.6 Å². The van der Waals surface area contributed by atoms with Gasteiger partial charge in [0.2, 0.25) is 0 Å². The van der Waals surface area contributed by atoms with Gasteiger partial charge in [-0.1, -0.05) is 31.5 Å². The van der Waals surface area contributed by atoms with Crippen molar-refractivity contribution in [3.63, 3.8) is 0 Å². The van der Waals surface area contributed by atoms with E-state index in [1.807, 2.05) is 19.9 Å². The first kappa shape index (κ1) is 14.0. The highest BCUT2D eigenvalue weighted by Gasteiger charge is 2.20. The Hall–Kier alpha value is -2.39. The summed E-state index contributed by atoms with van der Waals surface area (Å²) >= 11 is 6.15. The van der Waals surface area contributed by atoms with E-state index in [2.05, 4.69) is 5.10 Å². The number of nitro groups is 1. The highest BCUT2D eigenvalue weighted by atomic mass is 35.5. The molecule has 0 amide bonds. The minimum absolute atomic E-state index is 0.0297. The Morgan fingerprint density at radius 3 is 2.70 bits per heavy atom. The van der Waals surface area contributed by atoms with E-state index in [-0.39, 0.29) is 16.8 Å². The van der Waals surface area contributed by atoms with Gasteiger partial charge in [-0.15, -0.1) is 0 Å². The highest BCUT2D eigenvalue weighted by molar-refractivity contribution is 6.31. The molecule has 0 aliphatic carbocycles. The van der Waals surface area contributed by atoms with Gasteiger partial charge >= 0.3 is 0 Å². The molecule has 0 bridgehead atoms. The van der Waals surface area contributed by atoms with E-state index in [1.54, 1.807) is 12.1 Å². The molecule has 0 fully saturated rings. The molecule has 102 valence electrons. The van der Waals surface area contributed by atoms with Crippen molar-refractivity contribution in [1.82, 2.24) is 9.78 Å². The van der Waals surface area contributed by atoms with Gasteiger partial charge in [0, 0.05) is 12.1 Å². The number of hydrogen-bond donors (Lipinski definition) is 0. The van der Waals surface area contributed by atoms with Crippen LogP contribution in [0.4, 0.5) is 5.69 Å². The average Bonchev–Trinajstić information content (AvgIpc) is 2.76. The molecule has 1 heterocycles. The molecule has 20 heavy (non-hydrogen) atoms. The summed E-state index contributed by atoms with van der Waals surface area (Å²) in [4.78, 5) is 10.3. The fraction of sp³-hybridized carbons (Fsp3) is 0.231. The van der Waals surface area contributed by atoms with Crippen molar-refractivity contribution in [1.29, 1.82) is 5.26 Å². The van der Waals surface area contributed by atoms with Crippen LogP contribution < -0.4 is 0 Å². The second-order valence-electron chi connectivity index (χ2n) is 4.51. The second kappa shape index (κ2) is 5.31. The van der Waals surface area contributed by atoms with Gasteiger partial charge in [0.15, 0.2) is 5.15 Å². The molecule has 0 saturated heterocycles. The topological polar surface area (TPSA) is 84.8 Å². The maximum Gasteiger partial charge on any atom is 0.271 e.